The third-order valence-electron chi connectivity index (χ3n) is 3.98. The fourth-order valence-corrected chi connectivity index (χ4v) is 3.09. The van der Waals surface area contributed by atoms with Crippen LogP contribution in [-0.2, 0) is 11.2 Å². The molecule has 1 atom stereocenters. The van der Waals surface area contributed by atoms with E-state index in [1.54, 1.807) is 30.4 Å². The van der Waals surface area contributed by atoms with Gasteiger partial charge in [-0.3, -0.25) is 4.79 Å². The summed E-state index contributed by atoms with van der Waals surface area (Å²) >= 11 is 1.55. The minimum atomic E-state index is -1.09. The summed E-state index contributed by atoms with van der Waals surface area (Å²) in [5.41, 5.74) is -0.212. The molecular formula is C18H23N3O3S. The largest absolute Gasteiger partial charge is 0.421 e. The molecule has 134 valence electrons. The predicted octanol–water partition coefficient (Wildman–Crippen LogP) is 3.12. The molecule has 2 rings (SSSR count). The van der Waals surface area contributed by atoms with E-state index in [1.807, 2.05) is 16.8 Å². The Bertz CT molecular complexity index is 699. The third-order valence-corrected chi connectivity index (χ3v) is 4.66. The van der Waals surface area contributed by atoms with Gasteiger partial charge in [-0.25, -0.2) is 0 Å². The number of carbonyl (C=O) groups is 1. The Hall–Kier alpha value is -2.25. The molecule has 1 amide bonds. The molecule has 1 unspecified atom stereocenters. The Labute approximate surface area is 151 Å². The van der Waals surface area contributed by atoms with Crippen molar-refractivity contribution in [1.29, 1.82) is 0 Å². The smallest absolute Gasteiger partial charge is 0.248 e. The quantitative estimate of drug-likeness (QED) is 0.635. The van der Waals surface area contributed by atoms with E-state index in [1.165, 1.54) is 0 Å². The Balaban J connectivity index is 1.87. The van der Waals surface area contributed by atoms with Crippen LogP contribution in [0.15, 0.2) is 46.6 Å². The van der Waals surface area contributed by atoms with Gasteiger partial charge in [-0.05, 0) is 31.2 Å². The van der Waals surface area contributed by atoms with E-state index in [2.05, 4.69) is 28.7 Å². The monoisotopic (exact) mass is 361 g/mol. The number of hydrogen-bond acceptors (Lipinski definition) is 6. The summed E-state index contributed by atoms with van der Waals surface area (Å²) in [7, 11) is 0. The standard InChI is InChI=1S/C18H23N3O3S/c1-4-9-18(23,10-5-2)13(3)19-15(22)6-7-16-20-21-17(24-16)14-8-11-25-12-14/h4-5,8,11-13,23H,1-2,6-7,9-10H2,3H3,(H,19,22). The fourth-order valence-electron chi connectivity index (χ4n) is 2.46. The van der Waals surface area contributed by atoms with E-state index in [-0.39, 0.29) is 12.3 Å². The van der Waals surface area contributed by atoms with E-state index in [4.69, 9.17) is 4.42 Å². The van der Waals surface area contributed by atoms with E-state index in [0.717, 1.165) is 5.56 Å². The van der Waals surface area contributed by atoms with Gasteiger partial charge in [0.1, 0.15) is 0 Å². The van der Waals surface area contributed by atoms with Crippen LogP contribution in [-0.4, -0.2) is 32.9 Å². The van der Waals surface area contributed by atoms with E-state index >= 15 is 0 Å². The summed E-state index contributed by atoms with van der Waals surface area (Å²) < 4.78 is 5.56. The highest BCUT2D eigenvalue weighted by Gasteiger charge is 2.32. The van der Waals surface area contributed by atoms with Crippen LogP contribution in [0.1, 0.15) is 32.1 Å². The normalized spacial score (nSPS) is 12.6. The molecule has 25 heavy (non-hydrogen) atoms. The van der Waals surface area contributed by atoms with Crippen LogP contribution >= 0.6 is 11.3 Å². The molecule has 0 spiro atoms. The average molecular weight is 361 g/mol. The Morgan fingerprint density at radius 2 is 2.16 bits per heavy atom. The highest BCUT2D eigenvalue weighted by molar-refractivity contribution is 7.08. The Kier molecular flexibility index (Phi) is 6.66. The number of aryl methyl sites for hydroxylation is 1. The fraction of sp³-hybridized carbons (Fsp3) is 0.389. The van der Waals surface area contributed by atoms with Crippen molar-refractivity contribution in [2.45, 2.75) is 44.2 Å². The molecule has 0 bridgehead atoms. The minimum Gasteiger partial charge on any atom is -0.421 e. The molecule has 2 aromatic rings. The highest BCUT2D eigenvalue weighted by Crippen LogP contribution is 2.22. The van der Waals surface area contributed by atoms with Crippen LogP contribution < -0.4 is 5.32 Å². The lowest BCUT2D eigenvalue weighted by Gasteiger charge is -2.33. The Morgan fingerprint density at radius 1 is 1.44 bits per heavy atom. The van der Waals surface area contributed by atoms with Crippen LogP contribution in [0.4, 0.5) is 0 Å². The molecule has 0 saturated carbocycles. The van der Waals surface area contributed by atoms with Crippen LogP contribution in [0.5, 0.6) is 0 Å². The molecule has 0 aromatic carbocycles. The maximum atomic E-state index is 12.2. The summed E-state index contributed by atoms with van der Waals surface area (Å²) in [5.74, 6) is 0.683. The zero-order valence-electron chi connectivity index (χ0n) is 14.3. The third kappa shape index (κ3) is 5.11. The SMILES string of the molecule is C=CCC(O)(CC=C)C(C)NC(=O)CCc1nnc(-c2ccsc2)o1. The first kappa shape index (κ1) is 19.1. The number of thiophene rings is 1. The number of aromatic nitrogens is 2. The van der Waals surface area contributed by atoms with Gasteiger partial charge in [0.25, 0.3) is 0 Å². The average Bonchev–Trinajstić information content (AvgIpc) is 3.24. The minimum absolute atomic E-state index is 0.186. The van der Waals surface area contributed by atoms with Crippen LogP contribution in [0.25, 0.3) is 11.5 Å². The molecule has 0 aliphatic rings. The van der Waals surface area contributed by atoms with Crippen LogP contribution in [0.3, 0.4) is 0 Å². The van der Waals surface area contributed by atoms with Crippen molar-refractivity contribution < 1.29 is 14.3 Å². The maximum absolute atomic E-state index is 12.2. The number of hydrogen-bond donors (Lipinski definition) is 2. The van der Waals surface area contributed by atoms with Crippen molar-refractivity contribution in [1.82, 2.24) is 15.5 Å². The first-order valence-corrected chi connectivity index (χ1v) is 9.01. The molecule has 7 heteroatoms. The second kappa shape index (κ2) is 8.73. The first-order valence-electron chi connectivity index (χ1n) is 8.07. The van der Waals surface area contributed by atoms with Crippen LogP contribution in [0, 0.1) is 0 Å². The lowest BCUT2D eigenvalue weighted by atomic mass is 9.88. The second-order valence-corrected chi connectivity index (χ2v) is 6.67. The zero-order valence-corrected chi connectivity index (χ0v) is 15.1. The molecule has 2 aromatic heterocycles. The van der Waals surface area contributed by atoms with Gasteiger partial charge in [-0.15, -0.1) is 23.4 Å². The van der Waals surface area contributed by atoms with Crippen molar-refractivity contribution in [3.05, 3.63) is 48.0 Å². The summed E-state index contributed by atoms with van der Waals surface area (Å²) in [6.45, 7) is 9.08. The van der Waals surface area contributed by atoms with Gasteiger partial charge in [0, 0.05) is 23.8 Å². The molecule has 6 nitrogen and oxygen atoms in total. The summed E-state index contributed by atoms with van der Waals surface area (Å²) in [5, 5.41) is 25.2. The molecule has 2 N–H and O–H groups in total. The Morgan fingerprint density at radius 3 is 2.76 bits per heavy atom. The van der Waals surface area contributed by atoms with Gasteiger partial charge in [-0.2, -0.15) is 11.3 Å². The molecular weight excluding hydrogens is 338 g/mol. The van der Waals surface area contributed by atoms with Gasteiger partial charge >= 0.3 is 0 Å². The van der Waals surface area contributed by atoms with Gasteiger partial charge in [0.15, 0.2) is 0 Å². The molecule has 0 saturated heterocycles. The number of nitrogens with one attached hydrogen (secondary N) is 1. The molecule has 0 aliphatic heterocycles. The van der Waals surface area contributed by atoms with Gasteiger partial charge in [0.05, 0.1) is 11.6 Å². The first-order chi connectivity index (χ1) is 12.0. The number of amides is 1. The maximum Gasteiger partial charge on any atom is 0.248 e. The zero-order chi connectivity index (χ0) is 18.3. The van der Waals surface area contributed by atoms with E-state index in [9.17, 15) is 9.90 Å². The van der Waals surface area contributed by atoms with Gasteiger partial charge < -0.3 is 14.8 Å². The molecule has 0 radical (unpaired) electrons. The lowest BCUT2D eigenvalue weighted by Crippen LogP contribution is -2.50. The number of carbonyl (C=O) groups excluding carboxylic acids is 1. The number of aliphatic hydroxyl groups is 1. The second-order valence-electron chi connectivity index (χ2n) is 5.89. The lowest BCUT2D eigenvalue weighted by molar-refractivity contribution is -0.124. The highest BCUT2D eigenvalue weighted by atomic mass is 32.1. The number of rotatable bonds is 10. The molecule has 0 aliphatic carbocycles. The van der Waals surface area contributed by atoms with Gasteiger partial charge in [-0.1, -0.05) is 12.2 Å². The van der Waals surface area contributed by atoms with Crippen LogP contribution in [0.2, 0.25) is 0 Å². The molecule has 0 fully saturated rings. The van der Waals surface area contributed by atoms with E-state index < -0.39 is 11.6 Å². The predicted molar refractivity (Wildman–Crippen MR) is 98.1 cm³/mol. The summed E-state index contributed by atoms with van der Waals surface area (Å²) in [6.07, 6.45) is 4.56. The van der Waals surface area contributed by atoms with Crippen molar-refractivity contribution in [2.24, 2.45) is 0 Å². The summed E-state index contributed by atoms with van der Waals surface area (Å²) in [4.78, 5) is 12.2. The van der Waals surface area contributed by atoms with Crippen molar-refractivity contribution in [3.8, 4) is 11.5 Å². The summed E-state index contributed by atoms with van der Waals surface area (Å²) in [6, 6.07) is 1.47. The molecule has 2 heterocycles. The van der Waals surface area contributed by atoms with Gasteiger partial charge in [0.2, 0.25) is 17.7 Å². The van der Waals surface area contributed by atoms with Crippen molar-refractivity contribution in [2.75, 3.05) is 0 Å². The topological polar surface area (TPSA) is 88.2 Å². The van der Waals surface area contributed by atoms with E-state index in [0.29, 0.717) is 31.0 Å². The van der Waals surface area contributed by atoms with Crippen molar-refractivity contribution in [3.63, 3.8) is 0 Å². The number of nitrogens with zero attached hydrogens (tertiary/aromatic N) is 2. The van der Waals surface area contributed by atoms with Crippen molar-refractivity contribution >= 4 is 17.2 Å².